The van der Waals surface area contributed by atoms with E-state index in [2.05, 4.69) is 42.8 Å². The highest BCUT2D eigenvalue weighted by Crippen LogP contribution is 2.25. The van der Waals surface area contributed by atoms with E-state index < -0.39 is 0 Å². The molecule has 1 aromatic carbocycles. The molecule has 17 heavy (non-hydrogen) atoms. The summed E-state index contributed by atoms with van der Waals surface area (Å²) in [6, 6.07) is 9.36. The Morgan fingerprint density at radius 3 is 2.47 bits per heavy atom. The number of nitrogens with zero attached hydrogens (tertiary/aromatic N) is 2. The molecular formula is C14H23N3. The van der Waals surface area contributed by atoms with Crippen LogP contribution < -0.4 is 5.73 Å². The van der Waals surface area contributed by atoms with E-state index in [0.29, 0.717) is 12.1 Å². The number of hydrogen-bond donors (Lipinski definition) is 1. The van der Waals surface area contributed by atoms with Gasteiger partial charge in [0.1, 0.15) is 0 Å². The maximum absolute atomic E-state index is 5.73. The third-order valence-corrected chi connectivity index (χ3v) is 3.80. The summed E-state index contributed by atoms with van der Waals surface area (Å²) in [6.45, 7) is 8.04. The van der Waals surface area contributed by atoms with Gasteiger partial charge in [0.05, 0.1) is 0 Å². The zero-order chi connectivity index (χ0) is 12.4. The van der Waals surface area contributed by atoms with Crippen molar-refractivity contribution < 1.29 is 0 Å². The standard InChI is InChI=1S/C14H23N3/c1-11-10-16(3)8-9-17(11)12(2)13-4-6-14(15)7-5-13/h4-7,11-12H,8-10,15H2,1-3H3. The molecule has 0 bridgehead atoms. The predicted octanol–water partition coefficient (Wildman–Crippen LogP) is 1.97. The number of nitrogens with two attached hydrogens (primary N) is 1. The van der Waals surface area contributed by atoms with Crippen molar-refractivity contribution in [1.29, 1.82) is 0 Å². The summed E-state index contributed by atoms with van der Waals surface area (Å²) in [5, 5.41) is 0. The number of likely N-dealkylation sites (N-methyl/N-ethyl adjacent to an activating group) is 1. The number of hydrogen-bond acceptors (Lipinski definition) is 3. The van der Waals surface area contributed by atoms with Gasteiger partial charge in [-0.25, -0.2) is 0 Å². The maximum Gasteiger partial charge on any atom is 0.0323 e. The van der Waals surface area contributed by atoms with Crippen LogP contribution in [0.1, 0.15) is 25.5 Å². The van der Waals surface area contributed by atoms with Crippen molar-refractivity contribution in [2.24, 2.45) is 0 Å². The van der Waals surface area contributed by atoms with Crippen LogP contribution >= 0.6 is 0 Å². The second kappa shape index (κ2) is 5.07. The first kappa shape index (κ1) is 12.4. The van der Waals surface area contributed by atoms with Crippen molar-refractivity contribution in [3.63, 3.8) is 0 Å². The molecule has 1 aromatic rings. The first-order chi connectivity index (χ1) is 8.08. The first-order valence-corrected chi connectivity index (χ1v) is 6.37. The van der Waals surface area contributed by atoms with Gasteiger partial charge in [0.25, 0.3) is 0 Å². The summed E-state index contributed by atoms with van der Waals surface area (Å²) in [7, 11) is 2.20. The summed E-state index contributed by atoms with van der Waals surface area (Å²) in [4.78, 5) is 4.97. The van der Waals surface area contributed by atoms with Crippen LogP contribution in [-0.2, 0) is 0 Å². The van der Waals surface area contributed by atoms with E-state index in [1.807, 2.05) is 12.1 Å². The summed E-state index contributed by atoms with van der Waals surface area (Å²) < 4.78 is 0. The average Bonchev–Trinajstić information content (AvgIpc) is 2.29. The van der Waals surface area contributed by atoms with E-state index in [-0.39, 0.29) is 0 Å². The summed E-state index contributed by atoms with van der Waals surface area (Å²) >= 11 is 0. The molecule has 1 aliphatic heterocycles. The number of rotatable bonds is 2. The predicted molar refractivity (Wildman–Crippen MR) is 72.9 cm³/mol. The van der Waals surface area contributed by atoms with E-state index in [1.54, 1.807) is 0 Å². The Kier molecular flexibility index (Phi) is 3.69. The van der Waals surface area contributed by atoms with Crippen molar-refractivity contribution >= 4 is 5.69 Å². The molecule has 2 atom stereocenters. The lowest BCUT2D eigenvalue weighted by atomic mass is 10.0. The second-order valence-corrected chi connectivity index (χ2v) is 5.19. The van der Waals surface area contributed by atoms with E-state index in [1.165, 1.54) is 5.56 Å². The van der Waals surface area contributed by atoms with E-state index in [0.717, 1.165) is 25.3 Å². The summed E-state index contributed by atoms with van der Waals surface area (Å²) in [5.41, 5.74) is 7.93. The van der Waals surface area contributed by atoms with Crippen LogP contribution in [0.25, 0.3) is 0 Å². The molecule has 3 nitrogen and oxygen atoms in total. The fourth-order valence-electron chi connectivity index (χ4n) is 2.70. The second-order valence-electron chi connectivity index (χ2n) is 5.19. The zero-order valence-electron chi connectivity index (χ0n) is 11.1. The molecule has 0 radical (unpaired) electrons. The fraction of sp³-hybridized carbons (Fsp3) is 0.571. The molecule has 2 N–H and O–H groups in total. The highest BCUT2D eigenvalue weighted by atomic mass is 15.3. The topological polar surface area (TPSA) is 32.5 Å². The minimum Gasteiger partial charge on any atom is -0.399 e. The molecule has 1 heterocycles. The largest absolute Gasteiger partial charge is 0.399 e. The fourth-order valence-corrected chi connectivity index (χ4v) is 2.70. The molecule has 0 aromatic heterocycles. The van der Waals surface area contributed by atoms with Gasteiger partial charge in [0.2, 0.25) is 0 Å². The van der Waals surface area contributed by atoms with Crippen LogP contribution in [0.3, 0.4) is 0 Å². The van der Waals surface area contributed by atoms with Crippen molar-refractivity contribution in [2.75, 3.05) is 32.4 Å². The third kappa shape index (κ3) is 2.79. The first-order valence-electron chi connectivity index (χ1n) is 6.37. The van der Waals surface area contributed by atoms with Gasteiger partial charge in [0.15, 0.2) is 0 Å². The van der Waals surface area contributed by atoms with Gasteiger partial charge in [-0.05, 0) is 38.6 Å². The molecule has 2 unspecified atom stereocenters. The molecule has 2 rings (SSSR count). The van der Waals surface area contributed by atoms with Crippen LogP contribution in [-0.4, -0.2) is 42.5 Å². The minimum atomic E-state index is 0.472. The smallest absolute Gasteiger partial charge is 0.0323 e. The normalized spacial score (nSPS) is 24.8. The lowest BCUT2D eigenvalue weighted by Gasteiger charge is -2.42. The van der Waals surface area contributed by atoms with E-state index >= 15 is 0 Å². The minimum absolute atomic E-state index is 0.472. The summed E-state index contributed by atoms with van der Waals surface area (Å²) in [5.74, 6) is 0. The van der Waals surface area contributed by atoms with Crippen molar-refractivity contribution in [2.45, 2.75) is 25.9 Å². The molecule has 3 heteroatoms. The highest BCUT2D eigenvalue weighted by molar-refractivity contribution is 5.40. The SMILES string of the molecule is CC1CN(C)CCN1C(C)c1ccc(N)cc1. The Labute approximate surface area is 104 Å². The van der Waals surface area contributed by atoms with Gasteiger partial charge in [0, 0.05) is 37.4 Å². The van der Waals surface area contributed by atoms with Gasteiger partial charge in [-0.1, -0.05) is 12.1 Å². The molecule has 0 saturated carbocycles. The van der Waals surface area contributed by atoms with Crippen molar-refractivity contribution in [3.8, 4) is 0 Å². The molecule has 0 spiro atoms. The Bertz CT molecular complexity index is 360. The maximum atomic E-state index is 5.73. The zero-order valence-corrected chi connectivity index (χ0v) is 11.1. The molecule has 94 valence electrons. The lowest BCUT2D eigenvalue weighted by Crippen LogP contribution is -2.51. The third-order valence-electron chi connectivity index (χ3n) is 3.80. The number of anilines is 1. The van der Waals surface area contributed by atoms with Gasteiger partial charge < -0.3 is 10.6 Å². The molecule has 1 saturated heterocycles. The molecule has 1 fully saturated rings. The van der Waals surface area contributed by atoms with Gasteiger partial charge >= 0.3 is 0 Å². The van der Waals surface area contributed by atoms with Gasteiger partial charge in [-0.15, -0.1) is 0 Å². The number of piperazine rings is 1. The Hall–Kier alpha value is -1.06. The Morgan fingerprint density at radius 1 is 1.24 bits per heavy atom. The van der Waals surface area contributed by atoms with Gasteiger partial charge in [-0.3, -0.25) is 4.90 Å². The van der Waals surface area contributed by atoms with Crippen LogP contribution in [0.15, 0.2) is 24.3 Å². The van der Waals surface area contributed by atoms with E-state index in [9.17, 15) is 0 Å². The molecule has 0 aliphatic carbocycles. The quantitative estimate of drug-likeness (QED) is 0.793. The Morgan fingerprint density at radius 2 is 1.88 bits per heavy atom. The monoisotopic (exact) mass is 233 g/mol. The Balaban J connectivity index is 2.09. The van der Waals surface area contributed by atoms with Crippen LogP contribution in [0.5, 0.6) is 0 Å². The van der Waals surface area contributed by atoms with Crippen LogP contribution in [0, 0.1) is 0 Å². The van der Waals surface area contributed by atoms with Crippen LogP contribution in [0.2, 0.25) is 0 Å². The van der Waals surface area contributed by atoms with Gasteiger partial charge in [-0.2, -0.15) is 0 Å². The highest BCUT2D eigenvalue weighted by Gasteiger charge is 2.26. The molecule has 1 aliphatic rings. The molecule has 0 amide bonds. The number of benzene rings is 1. The lowest BCUT2D eigenvalue weighted by molar-refractivity contribution is 0.0673. The van der Waals surface area contributed by atoms with Crippen LogP contribution in [0.4, 0.5) is 5.69 Å². The van der Waals surface area contributed by atoms with E-state index in [4.69, 9.17) is 5.73 Å². The van der Waals surface area contributed by atoms with Crippen molar-refractivity contribution in [1.82, 2.24) is 9.80 Å². The summed E-state index contributed by atoms with van der Waals surface area (Å²) in [6.07, 6.45) is 0. The number of nitrogen functional groups attached to an aromatic ring is 1. The van der Waals surface area contributed by atoms with Crippen molar-refractivity contribution in [3.05, 3.63) is 29.8 Å². The molecular weight excluding hydrogens is 210 g/mol. The average molecular weight is 233 g/mol.